The fourth-order valence-corrected chi connectivity index (χ4v) is 1.69. The van der Waals surface area contributed by atoms with Crippen molar-refractivity contribution in [3.8, 4) is 0 Å². The molecule has 0 saturated heterocycles. The molecule has 0 aliphatic heterocycles. The van der Waals surface area contributed by atoms with Gasteiger partial charge in [-0.3, -0.25) is 14.9 Å². The van der Waals surface area contributed by atoms with Gasteiger partial charge < -0.3 is 5.73 Å². The number of nitrogens with two attached hydrogens (primary N) is 1. The van der Waals surface area contributed by atoms with Crippen molar-refractivity contribution in [1.82, 2.24) is 0 Å². The van der Waals surface area contributed by atoms with Crippen molar-refractivity contribution < 1.29 is 9.72 Å². The molecule has 0 saturated carbocycles. The normalized spacial score (nSPS) is 10.6. The Hall–Kier alpha value is -1.82. The smallest absolute Gasteiger partial charge is 0.299 e. The Kier molecular flexibility index (Phi) is 4.71. The van der Waals surface area contributed by atoms with E-state index in [9.17, 15) is 14.9 Å². The van der Waals surface area contributed by atoms with Gasteiger partial charge in [0.05, 0.1) is 10.5 Å². The van der Waals surface area contributed by atoms with Gasteiger partial charge in [0.2, 0.25) is 0 Å². The maximum Gasteiger partial charge on any atom is 0.299 e. The van der Waals surface area contributed by atoms with Gasteiger partial charge in [-0.15, -0.1) is 0 Å². The van der Waals surface area contributed by atoms with Crippen LogP contribution in [0.3, 0.4) is 0 Å². The molecule has 5 nitrogen and oxygen atoms in total. The first-order chi connectivity index (χ1) is 8.02. The third kappa shape index (κ3) is 3.92. The first kappa shape index (κ1) is 13.2. The van der Waals surface area contributed by atoms with Crippen LogP contribution in [-0.2, 0) is 4.79 Å². The highest BCUT2D eigenvalue weighted by atomic mass is 32.2. The maximum absolute atomic E-state index is 10.8. The standard InChI is InChI=1S/C11H12N2O3S/c1-8(14)17-7-3-5-9-4-2-6-10(12)11(9)13(15)16/h2-6H,7,12H2,1H3. The van der Waals surface area contributed by atoms with E-state index in [-0.39, 0.29) is 16.5 Å². The van der Waals surface area contributed by atoms with Crippen molar-refractivity contribution in [1.29, 1.82) is 0 Å². The molecular formula is C11H12N2O3S. The lowest BCUT2D eigenvalue weighted by molar-refractivity contribution is -0.384. The van der Waals surface area contributed by atoms with Gasteiger partial charge in [0, 0.05) is 12.7 Å². The molecule has 0 aromatic heterocycles. The van der Waals surface area contributed by atoms with Crippen LogP contribution in [0.1, 0.15) is 12.5 Å². The fraction of sp³-hybridized carbons (Fsp3) is 0.182. The predicted octanol–water partition coefficient (Wildman–Crippen LogP) is 2.47. The van der Waals surface area contributed by atoms with E-state index in [1.165, 1.54) is 13.0 Å². The number of nitro benzene ring substituents is 1. The summed E-state index contributed by atoms with van der Waals surface area (Å²) in [6.45, 7) is 1.47. The molecule has 0 aliphatic carbocycles. The summed E-state index contributed by atoms with van der Waals surface area (Å²) in [6, 6.07) is 4.75. The Bertz CT molecular complexity index is 472. The average Bonchev–Trinajstić information content (AvgIpc) is 2.23. The summed E-state index contributed by atoms with van der Waals surface area (Å²) in [5, 5.41) is 10.8. The van der Waals surface area contributed by atoms with Crippen LogP contribution in [0, 0.1) is 10.1 Å². The highest BCUT2D eigenvalue weighted by Gasteiger charge is 2.14. The number of hydrogen-bond donors (Lipinski definition) is 1. The van der Waals surface area contributed by atoms with Gasteiger partial charge >= 0.3 is 0 Å². The quantitative estimate of drug-likeness (QED) is 0.505. The van der Waals surface area contributed by atoms with Crippen molar-refractivity contribution in [2.24, 2.45) is 0 Å². The number of nitrogens with zero attached hydrogens (tertiary/aromatic N) is 1. The van der Waals surface area contributed by atoms with Gasteiger partial charge in [-0.05, 0) is 12.1 Å². The molecule has 6 heteroatoms. The number of nitrogen functional groups attached to an aromatic ring is 1. The zero-order valence-corrected chi connectivity index (χ0v) is 10.1. The lowest BCUT2D eigenvalue weighted by Gasteiger charge is -2.00. The Balaban J connectivity index is 2.87. The monoisotopic (exact) mass is 252 g/mol. The van der Waals surface area contributed by atoms with Crippen LogP contribution in [0.2, 0.25) is 0 Å². The van der Waals surface area contributed by atoms with Crippen molar-refractivity contribution in [2.45, 2.75) is 6.92 Å². The van der Waals surface area contributed by atoms with E-state index >= 15 is 0 Å². The molecule has 1 aromatic rings. The highest BCUT2D eigenvalue weighted by Crippen LogP contribution is 2.26. The molecule has 1 rings (SSSR count). The SMILES string of the molecule is CC(=O)SCC=Cc1cccc(N)c1[N+](=O)[O-]. The topological polar surface area (TPSA) is 86.2 Å². The van der Waals surface area contributed by atoms with Gasteiger partial charge in [-0.2, -0.15) is 0 Å². The molecular weight excluding hydrogens is 240 g/mol. The molecule has 0 atom stereocenters. The summed E-state index contributed by atoms with van der Waals surface area (Å²) in [5.41, 5.74) is 6.02. The molecule has 0 amide bonds. The van der Waals surface area contributed by atoms with E-state index in [0.29, 0.717) is 11.3 Å². The number of nitro groups is 1. The number of thioether (sulfide) groups is 1. The molecule has 2 N–H and O–H groups in total. The average molecular weight is 252 g/mol. The van der Waals surface area contributed by atoms with Crippen molar-refractivity contribution in [3.05, 3.63) is 40.0 Å². The van der Waals surface area contributed by atoms with Gasteiger partial charge in [-0.1, -0.05) is 30.0 Å². The summed E-state index contributed by atoms with van der Waals surface area (Å²) in [4.78, 5) is 21.0. The minimum absolute atomic E-state index is 0.0109. The summed E-state index contributed by atoms with van der Waals surface area (Å²) in [5.74, 6) is 0.487. The first-order valence-corrected chi connectivity index (χ1v) is 5.83. The van der Waals surface area contributed by atoms with E-state index in [4.69, 9.17) is 5.73 Å². The summed E-state index contributed by atoms with van der Waals surface area (Å²) >= 11 is 1.14. The number of para-hydroxylation sites is 1. The van der Waals surface area contributed by atoms with E-state index in [0.717, 1.165) is 11.8 Å². The Morgan fingerprint density at radius 3 is 2.88 bits per heavy atom. The summed E-state index contributed by atoms with van der Waals surface area (Å²) in [7, 11) is 0. The van der Waals surface area contributed by atoms with E-state index in [2.05, 4.69) is 0 Å². The lowest BCUT2D eigenvalue weighted by Crippen LogP contribution is -1.97. The maximum atomic E-state index is 10.8. The van der Waals surface area contributed by atoms with E-state index in [1.807, 2.05) is 0 Å². The van der Waals surface area contributed by atoms with E-state index < -0.39 is 4.92 Å². The van der Waals surface area contributed by atoms with Crippen LogP contribution < -0.4 is 5.73 Å². The van der Waals surface area contributed by atoms with Gasteiger partial charge in [0.15, 0.2) is 5.12 Å². The number of carbonyl (C=O) groups is 1. The summed E-state index contributed by atoms with van der Waals surface area (Å²) < 4.78 is 0. The predicted molar refractivity (Wildman–Crippen MR) is 69.7 cm³/mol. The Morgan fingerprint density at radius 1 is 1.59 bits per heavy atom. The zero-order chi connectivity index (χ0) is 12.8. The second-order valence-corrected chi connectivity index (χ2v) is 4.44. The van der Waals surface area contributed by atoms with Crippen molar-refractivity contribution in [3.63, 3.8) is 0 Å². The van der Waals surface area contributed by atoms with Crippen LogP contribution in [-0.4, -0.2) is 15.8 Å². The summed E-state index contributed by atoms with van der Waals surface area (Å²) in [6.07, 6.45) is 3.30. The third-order valence-corrected chi connectivity index (χ3v) is 2.73. The van der Waals surface area contributed by atoms with Crippen LogP contribution in [0.4, 0.5) is 11.4 Å². The molecule has 0 spiro atoms. The molecule has 17 heavy (non-hydrogen) atoms. The molecule has 1 aromatic carbocycles. The number of rotatable bonds is 4. The third-order valence-electron chi connectivity index (χ3n) is 1.96. The molecule has 90 valence electrons. The second kappa shape index (κ2) is 6.05. The molecule has 0 radical (unpaired) electrons. The van der Waals surface area contributed by atoms with Gasteiger partial charge in [-0.25, -0.2) is 0 Å². The van der Waals surface area contributed by atoms with Crippen molar-refractivity contribution >= 4 is 34.3 Å². The van der Waals surface area contributed by atoms with Crippen LogP contribution in [0.15, 0.2) is 24.3 Å². The number of anilines is 1. The van der Waals surface area contributed by atoms with Gasteiger partial charge in [0.1, 0.15) is 5.69 Å². The minimum Gasteiger partial charge on any atom is -0.393 e. The van der Waals surface area contributed by atoms with Crippen LogP contribution in [0.5, 0.6) is 0 Å². The Labute approximate surface area is 103 Å². The second-order valence-electron chi connectivity index (χ2n) is 3.25. The highest BCUT2D eigenvalue weighted by molar-refractivity contribution is 8.13. The lowest BCUT2D eigenvalue weighted by atomic mass is 10.1. The van der Waals surface area contributed by atoms with E-state index in [1.54, 1.807) is 24.3 Å². The first-order valence-electron chi connectivity index (χ1n) is 4.85. The fourth-order valence-electron chi connectivity index (χ4n) is 1.27. The number of benzene rings is 1. The molecule has 0 unspecified atom stereocenters. The molecule has 0 bridgehead atoms. The molecule has 0 fully saturated rings. The zero-order valence-electron chi connectivity index (χ0n) is 9.25. The molecule has 0 aliphatic rings. The Morgan fingerprint density at radius 2 is 2.29 bits per heavy atom. The van der Waals surface area contributed by atoms with Gasteiger partial charge in [0.25, 0.3) is 5.69 Å². The minimum atomic E-state index is -0.507. The van der Waals surface area contributed by atoms with Crippen LogP contribution >= 0.6 is 11.8 Å². The molecule has 0 heterocycles. The van der Waals surface area contributed by atoms with Crippen LogP contribution in [0.25, 0.3) is 6.08 Å². The largest absolute Gasteiger partial charge is 0.393 e. The number of hydrogen-bond acceptors (Lipinski definition) is 5. The number of carbonyl (C=O) groups excluding carboxylic acids is 1. The van der Waals surface area contributed by atoms with Crippen molar-refractivity contribution in [2.75, 3.05) is 11.5 Å².